The standard InChI is InChI=1S/C10H23NO5S/c1-14-7-10(8-15-2,9-16-3)11-5-6-17(4,12)13/h11H,5-9H2,1-4H3. The normalized spacial score (nSPS) is 12.9. The Hall–Kier alpha value is -0.210. The summed E-state index contributed by atoms with van der Waals surface area (Å²) in [5.74, 6) is 0.0753. The Morgan fingerprint density at radius 3 is 1.71 bits per heavy atom. The minimum Gasteiger partial charge on any atom is -0.383 e. The van der Waals surface area contributed by atoms with Crippen LogP contribution in [-0.2, 0) is 24.0 Å². The van der Waals surface area contributed by atoms with Crippen LogP contribution in [0.5, 0.6) is 0 Å². The molecule has 6 nitrogen and oxygen atoms in total. The predicted octanol–water partition coefficient (Wildman–Crippen LogP) is -0.701. The van der Waals surface area contributed by atoms with Gasteiger partial charge < -0.3 is 19.5 Å². The number of ether oxygens (including phenoxy) is 3. The van der Waals surface area contributed by atoms with Crippen molar-refractivity contribution in [2.75, 3.05) is 59.7 Å². The fraction of sp³-hybridized carbons (Fsp3) is 1.00. The second kappa shape index (κ2) is 7.99. The maximum atomic E-state index is 11.1. The lowest BCUT2D eigenvalue weighted by Crippen LogP contribution is -2.57. The minimum atomic E-state index is -2.98. The van der Waals surface area contributed by atoms with Crippen molar-refractivity contribution in [3.63, 3.8) is 0 Å². The van der Waals surface area contributed by atoms with Crippen LogP contribution in [0.3, 0.4) is 0 Å². The summed E-state index contributed by atoms with van der Waals surface area (Å²) in [7, 11) is 1.77. The molecule has 0 saturated heterocycles. The van der Waals surface area contributed by atoms with Crippen molar-refractivity contribution in [2.45, 2.75) is 5.54 Å². The third kappa shape index (κ3) is 7.67. The molecule has 0 saturated carbocycles. The summed E-state index contributed by atoms with van der Waals surface area (Å²) in [6.45, 7) is 1.50. The number of nitrogens with one attached hydrogen (secondary N) is 1. The molecule has 17 heavy (non-hydrogen) atoms. The molecular formula is C10H23NO5S. The lowest BCUT2D eigenvalue weighted by atomic mass is 10.0. The molecule has 0 aliphatic rings. The van der Waals surface area contributed by atoms with E-state index in [0.717, 1.165) is 0 Å². The fourth-order valence-electron chi connectivity index (χ4n) is 1.61. The molecule has 0 amide bonds. The zero-order valence-electron chi connectivity index (χ0n) is 11.0. The Bertz CT molecular complexity index is 274. The van der Waals surface area contributed by atoms with Gasteiger partial charge in [-0.3, -0.25) is 0 Å². The number of rotatable bonds is 10. The topological polar surface area (TPSA) is 73.9 Å². The SMILES string of the molecule is COCC(COC)(COC)NCCS(C)(=O)=O. The van der Waals surface area contributed by atoms with E-state index in [1.807, 2.05) is 0 Å². The molecule has 0 atom stereocenters. The van der Waals surface area contributed by atoms with Crippen LogP contribution < -0.4 is 5.32 Å². The number of sulfone groups is 1. The van der Waals surface area contributed by atoms with E-state index in [2.05, 4.69) is 5.32 Å². The van der Waals surface area contributed by atoms with Gasteiger partial charge in [0.05, 0.1) is 31.1 Å². The molecule has 0 fully saturated rings. The lowest BCUT2D eigenvalue weighted by Gasteiger charge is -2.32. The maximum absolute atomic E-state index is 11.1. The molecule has 0 spiro atoms. The van der Waals surface area contributed by atoms with Gasteiger partial charge in [0.1, 0.15) is 9.84 Å². The van der Waals surface area contributed by atoms with E-state index in [9.17, 15) is 8.42 Å². The summed E-state index contributed by atoms with van der Waals surface area (Å²) in [4.78, 5) is 0. The highest BCUT2D eigenvalue weighted by Crippen LogP contribution is 2.07. The summed E-state index contributed by atoms with van der Waals surface area (Å²) in [5.41, 5.74) is -0.511. The Kier molecular flexibility index (Phi) is 7.89. The third-order valence-corrected chi connectivity index (χ3v) is 3.18. The van der Waals surface area contributed by atoms with Crippen molar-refractivity contribution in [3.05, 3.63) is 0 Å². The molecule has 104 valence electrons. The Balaban J connectivity index is 4.43. The second-order valence-corrected chi connectivity index (χ2v) is 6.40. The molecule has 0 aliphatic carbocycles. The van der Waals surface area contributed by atoms with Crippen molar-refractivity contribution in [2.24, 2.45) is 0 Å². The van der Waals surface area contributed by atoms with Gasteiger partial charge in [-0.25, -0.2) is 8.42 Å². The van der Waals surface area contributed by atoms with Gasteiger partial charge >= 0.3 is 0 Å². The van der Waals surface area contributed by atoms with Gasteiger partial charge in [0.15, 0.2) is 0 Å². The minimum absolute atomic E-state index is 0.0753. The predicted molar refractivity (Wildman–Crippen MR) is 66.1 cm³/mol. The smallest absolute Gasteiger partial charge is 0.148 e. The van der Waals surface area contributed by atoms with Crippen LogP contribution in [0, 0.1) is 0 Å². The highest BCUT2D eigenvalue weighted by Gasteiger charge is 2.30. The molecule has 7 heteroatoms. The summed E-state index contributed by atoms with van der Waals surface area (Å²) in [6.07, 6.45) is 1.21. The molecule has 0 radical (unpaired) electrons. The summed E-state index contributed by atoms with van der Waals surface area (Å²) in [6, 6.07) is 0. The molecule has 0 unspecified atom stereocenters. The van der Waals surface area contributed by atoms with Crippen molar-refractivity contribution < 1.29 is 22.6 Å². The van der Waals surface area contributed by atoms with Crippen LogP contribution >= 0.6 is 0 Å². The van der Waals surface area contributed by atoms with E-state index in [1.165, 1.54) is 6.26 Å². The molecule has 0 aliphatic heterocycles. The third-order valence-electron chi connectivity index (χ3n) is 2.23. The van der Waals surface area contributed by atoms with E-state index in [1.54, 1.807) is 21.3 Å². The summed E-state index contributed by atoms with van der Waals surface area (Å²) < 4.78 is 37.5. The molecule has 0 aromatic carbocycles. The van der Waals surface area contributed by atoms with Crippen molar-refractivity contribution in [1.82, 2.24) is 5.32 Å². The Morgan fingerprint density at radius 1 is 1.00 bits per heavy atom. The van der Waals surface area contributed by atoms with Gasteiger partial charge in [0, 0.05) is 34.1 Å². The van der Waals surface area contributed by atoms with Gasteiger partial charge in [-0.05, 0) is 0 Å². The van der Waals surface area contributed by atoms with Gasteiger partial charge in [-0.15, -0.1) is 0 Å². The van der Waals surface area contributed by atoms with E-state index in [0.29, 0.717) is 26.4 Å². The van der Waals surface area contributed by atoms with Crippen LogP contribution in [0.1, 0.15) is 0 Å². The molecule has 0 bridgehead atoms. The van der Waals surface area contributed by atoms with Crippen molar-refractivity contribution >= 4 is 9.84 Å². The second-order valence-electron chi connectivity index (χ2n) is 4.14. The summed E-state index contributed by atoms with van der Waals surface area (Å²) >= 11 is 0. The lowest BCUT2D eigenvalue weighted by molar-refractivity contribution is -0.00439. The monoisotopic (exact) mass is 269 g/mol. The van der Waals surface area contributed by atoms with Crippen LogP contribution in [0.4, 0.5) is 0 Å². The molecule has 1 N–H and O–H groups in total. The van der Waals surface area contributed by atoms with Crippen molar-refractivity contribution in [1.29, 1.82) is 0 Å². The summed E-state index contributed by atoms with van der Waals surface area (Å²) in [5, 5.41) is 3.14. The first-order valence-electron chi connectivity index (χ1n) is 5.29. The van der Waals surface area contributed by atoms with Crippen LogP contribution in [0.15, 0.2) is 0 Å². The van der Waals surface area contributed by atoms with Crippen molar-refractivity contribution in [3.8, 4) is 0 Å². The highest BCUT2D eigenvalue weighted by atomic mass is 32.2. The van der Waals surface area contributed by atoms with Gasteiger partial charge in [-0.2, -0.15) is 0 Å². The zero-order chi connectivity index (χ0) is 13.4. The first-order chi connectivity index (χ1) is 7.89. The molecule has 0 heterocycles. The molecular weight excluding hydrogens is 246 g/mol. The van der Waals surface area contributed by atoms with Gasteiger partial charge in [-0.1, -0.05) is 0 Å². The van der Waals surface area contributed by atoms with Gasteiger partial charge in [0.2, 0.25) is 0 Å². The average Bonchev–Trinajstić information content (AvgIpc) is 2.16. The van der Waals surface area contributed by atoms with Crippen LogP contribution in [-0.4, -0.2) is 73.7 Å². The largest absolute Gasteiger partial charge is 0.383 e. The first kappa shape index (κ1) is 16.8. The molecule has 0 aromatic rings. The van der Waals surface area contributed by atoms with E-state index in [-0.39, 0.29) is 5.75 Å². The van der Waals surface area contributed by atoms with Crippen LogP contribution in [0.25, 0.3) is 0 Å². The van der Waals surface area contributed by atoms with Gasteiger partial charge in [0.25, 0.3) is 0 Å². The number of hydrogen-bond acceptors (Lipinski definition) is 6. The van der Waals surface area contributed by atoms with E-state index < -0.39 is 15.4 Å². The molecule has 0 rings (SSSR count). The number of hydrogen-bond donors (Lipinski definition) is 1. The Morgan fingerprint density at radius 2 is 1.41 bits per heavy atom. The highest BCUT2D eigenvalue weighted by molar-refractivity contribution is 7.90. The fourth-order valence-corrected chi connectivity index (χ4v) is 2.08. The maximum Gasteiger partial charge on any atom is 0.148 e. The zero-order valence-corrected chi connectivity index (χ0v) is 11.8. The van der Waals surface area contributed by atoms with Crippen LogP contribution in [0.2, 0.25) is 0 Å². The quantitative estimate of drug-likeness (QED) is 0.565. The Labute approximate surface area is 104 Å². The molecule has 0 aromatic heterocycles. The average molecular weight is 269 g/mol. The van der Waals surface area contributed by atoms with E-state index >= 15 is 0 Å². The number of methoxy groups -OCH3 is 3. The van der Waals surface area contributed by atoms with E-state index in [4.69, 9.17) is 14.2 Å². The first-order valence-corrected chi connectivity index (χ1v) is 7.35.